The van der Waals surface area contributed by atoms with Crippen LogP contribution < -0.4 is 0 Å². The Kier molecular flexibility index (Phi) is 5.42. The van der Waals surface area contributed by atoms with Crippen molar-refractivity contribution in [3.63, 3.8) is 0 Å². The van der Waals surface area contributed by atoms with Gasteiger partial charge in [0.05, 0.1) is 12.3 Å². The lowest BCUT2D eigenvalue weighted by molar-refractivity contribution is -0.148. The molecule has 1 fully saturated rings. The van der Waals surface area contributed by atoms with Crippen molar-refractivity contribution in [3.8, 4) is 0 Å². The van der Waals surface area contributed by atoms with Crippen molar-refractivity contribution < 1.29 is 14.6 Å². The second kappa shape index (κ2) is 6.97. The highest BCUT2D eigenvalue weighted by atomic mass is 35.5. The van der Waals surface area contributed by atoms with E-state index < -0.39 is 11.0 Å². The fourth-order valence-corrected chi connectivity index (χ4v) is 2.96. The third-order valence-corrected chi connectivity index (χ3v) is 4.23. The monoisotopic (exact) mass is 338 g/mol. The van der Waals surface area contributed by atoms with Crippen LogP contribution in [0.4, 0.5) is 0 Å². The number of halogens is 1. The largest absolute Gasteiger partial charge is 0.457 e. The van der Waals surface area contributed by atoms with Crippen molar-refractivity contribution >= 4 is 17.6 Å². The minimum atomic E-state index is -0.491. The molecule has 5 nitrogen and oxygen atoms in total. The van der Waals surface area contributed by atoms with Crippen molar-refractivity contribution in [1.29, 1.82) is 0 Å². The molecule has 1 aliphatic rings. The van der Waals surface area contributed by atoms with Gasteiger partial charge < -0.3 is 9.84 Å². The summed E-state index contributed by atoms with van der Waals surface area (Å²) >= 11 is 5.87. The van der Waals surface area contributed by atoms with Gasteiger partial charge in [0, 0.05) is 17.7 Å². The average molecular weight is 339 g/mol. The number of aromatic nitrogens is 2. The molecule has 0 spiro atoms. The molecule has 1 saturated carbocycles. The van der Waals surface area contributed by atoms with Gasteiger partial charge in [0.2, 0.25) is 5.28 Å². The van der Waals surface area contributed by atoms with Crippen molar-refractivity contribution in [2.24, 2.45) is 0 Å². The molecule has 0 radical (unpaired) electrons. The lowest BCUT2D eigenvalue weighted by Gasteiger charge is -2.36. The lowest BCUT2D eigenvalue weighted by Crippen LogP contribution is -2.35. The second-order valence-electron chi connectivity index (χ2n) is 6.99. The van der Waals surface area contributed by atoms with Crippen molar-refractivity contribution in [2.45, 2.75) is 57.5 Å². The van der Waals surface area contributed by atoms with Crippen LogP contribution in [0.3, 0.4) is 0 Å². The number of carbonyl (C=O) groups is 1. The molecule has 1 aromatic rings. The Labute approximate surface area is 141 Å². The predicted molar refractivity (Wildman–Crippen MR) is 88.2 cm³/mol. The van der Waals surface area contributed by atoms with E-state index in [-0.39, 0.29) is 17.9 Å². The van der Waals surface area contributed by atoms with E-state index in [2.05, 4.69) is 9.97 Å². The molecule has 1 aliphatic carbocycles. The Morgan fingerprint density at radius 3 is 2.61 bits per heavy atom. The van der Waals surface area contributed by atoms with E-state index in [1.165, 1.54) is 0 Å². The Balaban J connectivity index is 2.08. The van der Waals surface area contributed by atoms with Crippen LogP contribution in [0.1, 0.15) is 52.1 Å². The molecule has 1 N–H and O–H groups in total. The highest BCUT2D eigenvalue weighted by Gasteiger charge is 2.36. The first kappa shape index (κ1) is 17.9. The van der Waals surface area contributed by atoms with Gasteiger partial charge in [-0.2, -0.15) is 0 Å². The normalized spacial score (nSPS) is 21.9. The van der Waals surface area contributed by atoms with E-state index in [4.69, 9.17) is 16.3 Å². The fourth-order valence-electron chi connectivity index (χ4n) is 2.82. The minimum absolute atomic E-state index is 0.0000593. The fraction of sp³-hybridized carbons (Fsp3) is 0.588. The van der Waals surface area contributed by atoms with E-state index in [0.717, 1.165) is 24.1 Å². The summed E-state index contributed by atoms with van der Waals surface area (Å²) in [6.07, 6.45) is 6.06. The molecular formula is C17H23ClN2O3. The van der Waals surface area contributed by atoms with E-state index >= 15 is 0 Å². The summed E-state index contributed by atoms with van der Waals surface area (Å²) in [6.45, 7) is 5.54. The van der Waals surface area contributed by atoms with E-state index in [1.807, 2.05) is 20.8 Å². The number of ether oxygens (including phenoxy) is 1. The zero-order valence-corrected chi connectivity index (χ0v) is 14.6. The standard InChI is InChI=1S/C17H23ClN2O3/c1-16(2,3)23-14(22)10-12-4-7-17(11-21,8-5-12)13-6-9-19-15(18)20-13/h6,9-10,21H,4-5,7-8,11H2,1-3H3. The molecule has 0 unspecified atom stereocenters. The van der Waals surface area contributed by atoms with Crippen molar-refractivity contribution in [2.75, 3.05) is 6.61 Å². The van der Waals surface area contributed by atoms with E-state index in [9.17, 15) is 9.90 Å². The third-order valence-electron chi connectivity index (χ3n) is 4.05. The molecule has 0 saturated heterocycles. The number of esters is 1. The van der Waals surface area contributed by atoms with Gasteiger partial charge in [-0.05, 0) is 64.1 Å². The van der Waals surface area contributed by atoms with Gasteiger partial charge in [0.1, 0.15) is 5.60 Å². The molecule has 0 amide bonds. The van der Waals surface area contributed by atoms with Crippen LogP contribution >= 0.6 is 11.6 Å². The number of aliphatic hydroxyl groups is 1. The molecule has 6 heteroatoms. The number of aliphatic hydroxyl groups excluding tert-OH is 1. The molecule has 0 aliphatic heterocycles. The van der Waals surface area contributed by atoms with Crippen LogP contribution in [-0.2, 0) is 14.9 Å². The van der Waals surface area contributed by atoms with Crippen molar-refractivity contribution in [3.05, 3.63) is 34.9 Å². The Bertz CT molecular complexity index is 598. The Hall–Kier alpha value is -1.46. The zero-order valence-electron chi connectivity index (χ0n) is 13.8. The predicted octanol–water partition coefficient (Wildman–Crippen LogP) is 3.20. The summed E-state index contributed by atoms with van der Waals surface area (Å²) in [5, 5.41) is 10.1. The number of allylic oxidation sites excluding steroid dienone is 1. The molecule has 0 bridgehead atoms. The first-order chi connectivity index (χ1) is 10.7. The van der Waals surface area contributed by atoms with Gasteiger partial charge >= 0.3 is 5.97 Å². The highest BCUT2D eigenvalue weighted by molar-refractivity contribution is 6.28. The summed E-state index contributed by atoms with van der Waals surface area (Å²) < 4.78 is 5.32. The van der Waals surface area contributed by atoms with Crippen LogP contribution in [0.25, 0.3) is 0 Å². The zero-order chi connectivity index (χ0) is 17.1. The number of hydrogen-bond acceptors (Lipinski definition) is 5. The second-order valence-corrected chi connectivity index (χ2v) is 7.32. The smallest absolute Gasteiger partial charge is 0.331 e. The summed E-state index contributed by atoms with van der Waals surface area (Å²) in [5.41, 5.74) is 0.896. The SMILES string of the molecule is CC(C)(C)OC(=O)C=C1CCC(CO)(c2ccnc(Cl)n2)CC1. The Morgan fingerprint density at radius 2 is 2.09 bits per heavy atom. The highest BCUT2D eigenvalue weighted by Crippen LogP contribution is 2.40. The lowest BCUT2D eigenvalue weighted by atomic mass is 9.70. The first-order valence-corrected chi connectivity index (χ1v) is 8.14. The van der Waals surface area contributed by atoms with Gasteiger partial charge in [-0.25, -0.2) is 14.8 Å². The quantitative estimate of drug-likeness (QED) is 0.520. The molecule has 1 aromatic heterocycles. The van der Waals surface area contributed by atoms with E-state index in [0.29, 0.717) is 12.8 Å². The van der Waals surface area contributed by atoms with Crippen LogP contribution in [0.2, 0.25) is 5.28 Å². The summed E-state index contributed by atoms with van der Waals surface area (Å²) in [5.74, 6) is -0.311. The van der Waals surface area contributed by atoms with Crippen LogP contribution in [0, 0.1) is 0 Å². The summed E-state index contributed by atoms with van der Waals surface area (Å²) in [4.78, 5) is 20.0. The molecule has 126 valence electrons. The maximum absolute atomic E-state index is 11.9. The van der Waals surface area contributed by atoms with Gasteiger partial charge in [-0.15, -0.1) is 0 Å². The van der Waals surface area contributed by atoms with E-state index in [1.54, 1.807) is 18.3 Å². The topological polar surface area (TPSA) is 72.3 Å². The molecule has 1 heterocycles. The third kappa shape index (κ3) is 4.75. The van der Waals surface area contributed by atoms with Crippen molar-refractivity contribution in [1.82, 2.24) is 9.97 Å². The maximum atomic E-state index is 11.9. The molecule has 0 aromatic carbocycles. The van der Waals surface area contributed by atoms with Crippen LogP contribution in [-0.4, -0.2) is 33.3 Å². The first-order valence-electron chi connectivity index (χ1n) is 7.76. The molecular weight excluding hydrogens is 316 g/mol. The van der Waals surface area contributed by atoms with Gasteiger partial charge in [0.25, 0.3) is 0 Å². The molecule has 2 rings (SSSR count). The summed E-state index contributed by atoms with van der Waals surface area (Å²) in [6, 6.07) is 1.80. The Morgan fingerprint density at radius 1 is 1.43 bits per heavy atom. The van der Waals surface area contributed by atoms with Gasteiger partial charge in [-0.3, -0.25) is 0 Å². The minimum Gasteiger partial charge on any atom is -0.457 e. The van der Waals surface area contributed by atoms with Gasteiger partial charge in [0.15, 0.2) is 0 Å². The number of carbonyl (C=O) groups excluding carboxylic acids is 1. The van der Waals surface area contributed by atoms with Gasteiger partial charge in [-0.1, -0.05) is 5.57 Å². The number of hydrogen-bond donors (Lipinski definition) is 1. The average Bonchev–Trinajstić information content (AvgIpc) is 2.46. The van der Waals surface area contributed by atoms with Crippen LogP contribution in [0.5, 0.6) is 0 Å². The number of nitrogens with zero attached hydrogens (tertiary/aromatic N) is 2. The van der Waals surface area contributed by atoms with Crippen LogP contribution in [0.15, 0.2) is 23.9 Å². The molecule has 23 heavy (non-hydrogen) atoms. The summed E-state index contributed by atoms with van der Waals surface area (Å²) in [7, 11) is 0. The maximum Gasteiger partial charge on any atom is 0.331 e. The molecule has 0 atom stereocenters. The number of rotatable bonds is 3.